The minimum Gasteiger partial charge on any atom is -0.486 e. The predicted molar refractivity (Wildman–Crippen MR) is 29.5 cm³/mol. The third-order valence-electron chi connectivity index (χ3n) is 0.828. The summed E-state index contributed by atoms with van der Waals surface area (Å²) in [7, 11) is -2.64. The summed E-state index contributed by atoms with van der Waals surface area (Å²) in [5.41, 5.74) is 0. The van der Waals surface area contributed by atoms with E-state index < -0.39 is 7.60 Å². The summed E-state index contributed by atoms with van der Waals surface area (Å²) in [6.07, 6.45) is 0.734. The summed E-state index contributed by atoms with van der Waals surface area (Å²) in [6.45, 7) is 3.51. The van der Waals surface area contributed by atoms with E-state index in [-0.39, 0.29) is 18.6 Å². The smallest absolute Gasteiger partial charge is 0.297 e. The van der Waals surface area contributed by atoms with E-state index in [1.54, 1.807) is 0 Å². The maximum atomic E-state index is 10.8. The van der Waals surface area contributed by atoms with Gasteiger partial charge in [-0.2, -0.15) is 6.61 Å². The quantitative estimate of drug-likeness (QED) is 0.423. The van der Waals surface area contributed by atoms with Gasteiger partial charge in [0.25, 0.3) is 7.60 Å². The fourth-order valence-electron chi connectivity index (χ4n) is 0.485. The largest absolute Gasteiger partial charge is 0.486 e. The van der Waals surface area contributed by atoms with Crippen LogP contribution in [0.5, 0.6) is 0 Å². The van der Waals surface area contributed by atoms with E-state index in [0.29, 0.717) is 6.61 Å². The second-order valence-corrected chi connectivity index (χ2v) is 3.68. The van der Waals surface area contributed by atoms with Crippen molar-refractivity contribution in [3.63, 3.8) is 0 Å². The molecule has 1 aliphatic rings. The molecule has 1 aliphatic heterocycles. The van der Waals surface area contributed by atoms with Gasteiger partial charge in [-0.05, 0) is 0 Å². The second-order valence-electron chi connectivity index (χ2n) is 1.67. The first-order valence-electron chi connectivity index (χ1n) is 2.43. The van der Waals surface area contributed by atoms with Gasteiger partial charge in [-0.1, -0.05) is 0 Å². The van der Waals surface area contributed by atoms with Crippen LogP contribution in [0.4, 0.5) is 0 Å². The summed E-state index contributed by atoms with van der Waals surface area (Å²) in [6, 6.07) is 0. The second kappa shape index (κ2) is 3.79. The molecular weight excluding hydrogens is 178 g/mol. The number of rotatable bonds is 0. The van der Waals surface area contributed by atoms with E-state index in [1.807, 2.05) is 0 Å². The Morgan fingerprint density at radius 3 is 2.56 bits per heavy atom. The first kappa shape index (κ1) is 9.73. The molecule has 1 fully saturated rings. The summed E-state index contributed by atoms with van der Waals surface area (Å²) in [4.78, 5) is 0. The minimum absolute atomic E-state index is 0. The van der Waals surface area contributed by atoms with Crippen molar-refractivity contribution in [2.45, 2.75) is 6.42 Å². The van der Waals surface area contributed by atoms with Crippen molar-refractivity contribution >= 4 is 7.60 Å². The summed E-state index contributed by atoms with van der Waals surface area (Å²) >= 11 is 0. The number of hydrogen-bond donors (Lipinski definition) is 0. The predicted octanol–water partition coefficient (Wildman–Crippen LogP) is 1.41. The molecule has 0 spiro atoms. The molecule has 0 aromatic heterocycles. The third kappa shape index (κ3) is 3.44. The third-order valence-corrected chi connectivity index (χ3v) is 2.01. The van der Waals surface area contributed by atoms with Crippen molar-refractivity contribution in [1.82, 2.24) is 0 Å². The van der Waals surface area contributed by atoms with Gasteiger partial charge in [0.15, 0.2) is 0 Å². The minimum atomic E-state index is -2.64. The van der Waals surface area contributed by atoms with Gasteiger partial charge in [-0.3, -0.25) is 4.57 Å². The molecule has 1 rings (SSSR count). The molecule has 0 aromatic carbocycles. The Morgan fingerprint density at radius 2 is 2.33 bits per heavy atom. The number of hydrogen-bond acceptors (Lipinski definition) is 3. The first-order valence-corrected chi connectivity index (χ1v) is 4.42. The van der Waals surface area contributed by atoms with Crippen LogP contribution in [0, 0.1) is 6.61 Å². The molecule has 1 radical (unpaired) electrons. The zero-order chi connectivity index (χ0) is 6.04. The molecule has 53 valence electrons. The van der Waals surface area contributed by atoms with Crippen molar-refractivity contribution in [3.8, 4) is 0 Å². The van der Waals surface area contributed by atoms with Crippen molar-refractivity contribution < 1.29 is 32.2 Å². The van der Waals surface area contributed by atoms with Crippen molar-refractivity contribution in [1.29, 1.82) is 0 Å². The Morgan fingerprint density at radius 1 is 1.67 bits per heavy atom. The molecule has 0 saturated carbocycles. The zero-order valence-electron chi connectivity index (χ0n) is 5.11. The van der Waals surface area contributed by atoms with Crippen LogP contribution < -0.4 is 0 Å². The maximum Gasteiger partial charge on any atom is 0.297 e. The molecule has 1 heterocycles. The van der Waals surface area contributed by atoms with Crippen molar-refractivity contribution in [2.75, 3.05) is 13.3 Å². The molecule has 0 N–H and O–H groups in total. The average molecular weight is 186 g/mol. The van der Waals surface area contributed by atoms with Crippen LogP contribution in [0.3, 0.4) is 0 Å². The molecule has 1 unspecified atom stereocenters. The van der Waals surface area contributed by atoms with Gasteiger partial charge < -0.3 is 9.05 Å². The Labute approximate surface area is 66.5 Å². The molecule has 0 bridgehead atoms. The Bertz CT molecular complexity index is 117. The van der Waals surface area contributed by atoms with Crippen LogP contribution >= 0.6 is 7.60 Å². The summed E-state index contributed by atoms with van der Waals surface area (Å²) < 4.78 is 20.2. The maximum absolute atomic E-state index is 10.8. The van der Waals surface area contributed by atoms with E-state index in [9.17, 15) is 4.57 Å². The normalized spacial score (nSPS) is 35.2. The Balaban J connectivity index is 0.000000640. The van der Waals surface area contributed by atoms with Gasteiger partial charge in [0, 0.05) is 31.8 Å². The molecule has 0 aliphatic carbocycles. The first-order chi connectivity index (χ1) is 3.71. The van der Waals surface area contributed by atoms with E-state index in [2.05, 4.69) is 4.52 Å². The molecule has 5 heteroatoms. The van der Waals surface area contributed by atoms with E-state index in [1.165, 1.54) is 13.3 Å². The molecule has 0 amide bonds. The van der Waals surface area contributed by atoms with Crippen molar-refractivity contribution in [2.24, 2.45) is 0 Å². The van der Waals surface area contributed by atoms with Crippen LogP contribution in [0.25, 0.3) is 0 Å². The molecule has 3 nitrogen and oxygen atoms in total. The van der Waals surface area contributed by atoms with Gasteiger partial charge in [-0.25, -0.2) is 0 Å². The SMILES string of the molecule is CP1(=O)O[CH-]CCO1.[V]. The Kier molecular flexibility index (Phi) is 4.10. The summed E-state index contributed by atoms with van der Waals surface area (Å²) in [5, 5.41) is 0. The van der Waals surface area contributed by atoms with Crippen LogP contribution in [0.15, 0.2) is 0 Å². The van der Waals surface area contributed by atoms with Crippen LogP contribution in [0.1, 0.15) is 6.42 Å². The zero-order valence-corrected chi connectivity index (χ0v) is 7.40. The van der Waals surface area contributed by atoms with E-state index >= 15 is 0 Å². The van der Waals surface area contributed by atoms with E-state index in [0.717, 1.165) is 6.42 Å². The fourth-order valence-corrected chi connectivity index (χ4v) is 1.36. The monoisotopic (exact) mass is 186 g/mol. The van der Waals surface area contributed by atoms with E-state index in [4.69, 9.17) is 4.52 Å². The molecule has 9 heavy (non-hydrogen) atoms. The van der Waals surface area contributed by atoms with Gasteiger partial charge in [-0.15, -0.1) is 6.42 Å². The molecule has 0 aromatic rings. The average Bonchev–Trinajstić information content (AvgIpc) is 1.65. The van der Waals surface area contributed by atoms with Crippen LogP contribution in [0.2, 0.25) is 0 Å². The molecule has 1 atom stereocenters. The molecule has 1 saturated heterocycles. The molecular formula is C4H8O3PV-. The van der Waals surface area contributed by atoms with Gasteiger partial charge >= 0.3 is 0 Å². The fraction of sp³-hybridized carbons (Fsp3) is 0.750. The van der Waals surface area contributed by atoms with Crippen LogP contribution in [-0.4, -0.2) is 13.3 Å². The summed E-state index contributed by atoms with van der Waals surface area (Å²) in [5.74, 6) is 0. The Hall–Kier alpha value is 0.734. The van der Waals surface area contributed by atoms with Crippen LogP contribution in [-0.2, 0) is 32.2 Å². The van der Waals surface area contributed by atoms with Gasteiger partial charge in [0.1, 0.15) is 0 Å². The topological polar surface area (TPSA) is 35.5 Å². The standard InChI is InChI=1S/C4H8O3P.V/c1-8(5)6-3-2-4-7-8;/h3H,2,4H2,1H3;/q-1;. The van der Waals surface area contributed by atoms with Gasteiger partial charge in [0.2, 0.25) is 0 Å². The van der Waals surface area contributed by atoms with Crippen molar-refractivity contribution in [3.05, 3.63) is 6.61 Å². The van der Waals surface area contributed by atoms with Gasteiger partial charge in [0.05, 0.1) is 0 Å².